The van der Waals surface area contributed by atoms with Crippen molar-refractivity contribution in [2.45, 2.75) is 6.92 Å². The van der Waals surface area contributed by atoms with Gasteiger partial charge in [0.1, 0.15) is 19.3 Å². The molecule has 0 aliphatic rings. The number of halogens is 2. The van der Waals surface area contributed by atoms with E-state index in [4.69, 9.17) is 25.9 Å². The summed E-state index contributed by atoms with van der Waals surface area (Å²) in [6.07, 6.45) is 0. The molecule has 0 aliphatic carbocycles. The second kappa shape index (κ2) is 16.0. The van der Waals surface area contributed by atoms with Crippen LogP contribution in [0.3, 0.4) is 0 Å². The van der Waals surface area contributed by atoms with E-state index in [9.17, 15) is 9.18 Å². The number of nitrogens with one attached hydrogen (secondary N) is 2. The number of benzene rings is 3. The van der Waals surface area contributed by atoms with Gasteiger partial charge in [-0.2, -0.15) is 0 Å². The first kappa shape index (κ1) is 28.3. The summed E-state index contributed by atoms with van der Waals surface area (Å²) in [5, 5.41) is 5.40. The molecule has 0 aromatic heterocycles. The highest BCUT2D eigenvalue weighted by Gasteiger charge is 2.11. The maximum atomic E-state index is 13.7. The number of carbonyl (C=O) groups is 3. The van der Waals surface area contributed by atoms with Crippen molar-refractivity contribution < 1.29 is 23.5 Å². The van der Waals surface area contributed by atoms with Crippen molar-refractivity contribution in [2.24, 2.45) is 0 Å². The minimum Gasteiger partial charge on any atom is -0.497 e. The van der Waals surface area contributed by atoms with E-state index in [0.29, 0.717) is 5.56 Å². The van der Waals surface area contributed by atoms with Gasteiger partial charge in [-0.1, -0.05) is 41.4 Å². The van der Waals surface area contributed by atoms with Gasteiger partial charge in [0.25, 0.3) is 5.91 Å². The molecule has 2 N–H and O–H groups in total. The lowest BCUT2D eigenvalue weighted by Crippen LogP contribution is -2.13. The molecule has 0 heterocycles. The molecule has 0 saturated carbocycles. The minimum atomic E-state index is -0.637. The van der Waals surface area contributed by atoms with Gasteiger partial charge in [-0.25, -0.2) is 4.39 Å². The zero-order valence-corrected chi connectivity index (χ0v) is 18.9. The van der Waals surface area contributed by atoms with Gasteiger partial charge in [-0.3, -0.25) is 4.79 Å². The minimum absolute atomic E-state index is 0.0261. The molecular weight excluding hydrogens is 435 g/mol. The van der Waals surface area contributed by atoms with Gasteiger partial charge < -0.3 is 25.0 Å². The first-order valence-corrected chi connectivity index (χ1v) is 9.54. The molecule has 0 fully saturated rings. The van der Waals surface area contributed by atoms with E-state index in [0.717, 1.165) is 11.4 Å². The number of carbonyl (C=O) groups excluding carboxylic acids is 3. The monoisotopic (exact) mass is 460 g/mol. The second-order valence-electron chi connectivity index (χ2n) is 5.90. The van der Waals surface area contributed by atoms with Crippen molar-refractivity contribution >= 4 is 42.5 Å². The fourth-order valence-electron chi connectivity index (χ4n) is 2.29. The first-order valence-electron chi connectivity index (χ1n) is 9.16. The average molecular weight is 461 g/mol. The topological polar surface area (TPSA) is 84.5 Å². The van der Waals surface area contributed by atoms with Gasteiger partial charge in [-0.15, -0.1) is 0 Å². The molecule has 0 atom stereocenters. The Labute approximate surface area is 192 Å². The summed E-state index contributed by atoms with van der Waals surface area (Å²) in [5.41, 5.74) is 2.56. The molecule has 0 spiro atoms. The van der Waals surface area contributed by atoms with E-state index in [1.165, 1.54) is 17.7 Å². The molecule has 0 radical (unpaired) electrons. The lowest BCUT2D eigenvalue weighted by molar-refractivity contribution is -0.0987. The Morgan fingerprint density at radius 2 is 1.56 bits per heavy atom. The van der Waals surface area contributed by atoms with Gasteiger partial charge in [0, 0.05) is 18.3 Å². The number of rotatable bonds is 4. The van der Waals surface area contributed by atoms with Crippen molar-refractivity contribution in [1.29, 1.82) is 0 Å². The molecule has 32 heavy (non-hydrogen) atoms. The summed E-state index contributed by atoms with van der Waals surface area (Å²) in [4.78, 5) is 28.0. The normalized spacial score (nSPS) is 8.78. The van der Waals surface area contributed by atoms with Crippen LogP contribution in [0.15, 0.2) is 66.7 Å². The van der Waals surface area contributed by atoms with Gasteiger partial charge in [-0.05, 0) is 49.4 Å². The van der Waals surface area contributed by atoms with Gasteiger partial charge >= 0.3 is 0 Å². The van der Waals surface area contributed by atoms with Crippen LogP contribution >= 0.6 is 11.6 Å². The summed E-state index contributed by atoms with van der Waals surface area (Å²) in [5.74, 6) is -0.110. The third-order valence-corrected chi connectivity index (χ3v) is 4.16. The van der Waals surface area contributed by atoms with Crippen LogP contribution in [0.1, 0.15) is 15.9 Å². The number of methoxy groups -OCH3 is 1. The van der Waals surface area contributed by atoms with Crippen LogP contribution < -0.4 is 15.4 Å². The van der Waals surface area contributed by atoms with E-state index >= 15 is 0 Å². The largest absolute Gasteiger partial charge is 0.497 e. The maximum absolute atomic E-state index is 13.7. The third-order valence-electron chi connectivity index (χ3n) is 3.87. The first-order chi connectivity index (χ1) is 15.4. The number of hydrogen-bond donors (Lipinski definition) is 2. The van der Waals surface area contributed by atoms with Crippen LogP contribution in [0, 0.1) is 12.7 Å². The number of amides is 1. The van der Waals surface area contributed by atoms with Gasteiger partial charge in [0.05, 0.1) is 17.8 Å². The Balaban J connectivity index is 0.000000619. The standard InChI is InChI=1S/C14H12ClFN2O.C8H10O.2CH2O/c1-17-10-5-2-4-9(8-10)14(19)18-12-7-3-6-11(15)13(12)16;1-7-3-5-8(9-2)6-4-7;2*1-2/h2-8,17H,1H3,(H,18,19);3-6H,1-2H3;2*1H2. The second-order valence-corrected chi connectivity index (χ2v) is 6.31. The zero-order valence-electron chi connectivity index (χ0n) is 18.2. The van der Waals surface area contributed by atoms with Crippen molar-refractivity contribution in [3.8, 4) is 5.75 Å². The molecule has 170 valence electrons. The Morgan fingerprint density at radius 3 is 2.12 bits per heavy atom. The van der Waals surface area contributed by atoms with E-state index < -0.39 is 11.7 Å². The zero-order chi connectivity index (χ0) is 24.5. The third kappa shape index (κ3) is 9.40. The Kier molecular flexibility index (Phi) is 14.2. The summed E-state index contributed by atoms with van der Waals surface area (Å²) >= 11 is 5.65. The molecule has 0 saturated heterocycles. The quantitative estimate of drug-likeness (QED) is 0.544. The summed E-state index contributed by atoms with van der Waals surface area (Å²) in [7, 11) is 3.43. The van der Waals surface area contributed by atoms with Crippen LogP contribution in [-0.2, 0) is 9.59 Å². The van der Waals surface area contributed by atoms with Crippen molar-refractivity contribution in [1.82, 2.24) is 0 Å². The van der Waals surface area contributed by atoms with Crippen molar-refractivity contribution in [3.63, 3.8) is 0 Å². The SMILES string of the molecule is C=O.C=O.CNc1cccc(C(=O)Nc2cccc(Cl)c2F)c1.COc1ccc(C)cc1. The van der Waals surface area contributed by atoms with Crippen LogP contribution in [-0.4, -0.2) is 33.6 Å². The number of aryl methyl sites for hydroxylation is 1. The Bertz CT molecular complexity index is 966. The molecular formula is C24H26ClFN2O4. The molecule has 0 bridgehead atoms. The van der Waals surface area contributed by atoms with Crippen LogP contribution in [0.4, 0.5) is 15.8 Å². The van der Waals surface area contributed by atoms with Gasteiger partial charge in [0.15, 0.2) is 5.82 Å². The smallest absolute Gasteiger partial charge is 0.255 e. The molecule has 1 amide bonds. The lowest BCUT2D eigenvalue weighted by Gasteiger charge is -2.08. The number of anilines is 2. The molecule has 3 aromatic carbocycles. The maximum Gasteiger partial charge on any atom is 0.255 e. The highest BCUT2D eigenvalue weighted by Crippen LogP contribution is 2.22. The molecule has 3 aromatic rings. The van der Waals surface area contributed by atoms with E-state index in [1.54, 1.807) is 38.4 Å². The number of ether oxygens (including phenoxy) is 1. The Morgan fingerprint density at radius 1 is 0.969 bits per heavy atom. The van der Waals surface area contributed by atoms with E-state index in [-0.39, 0.29) is 10.7 Å². The summed E-state index contributed by atoms with van der Waals surface area (Å²) in [6.45, 7) is 6.06. The fraction of sp³-hybridized carbons (Fsp3) is 0.125. The summed E-state index contributed by atoms with van der Waals surface area (Å²) < 4.78 is 18.6. The van der Waals surface area contributed by atoms with Gasteiger partial charge in [0.2, 0.25) is 0 Å². The predicted octanol–water partition coefficient (Wildman–Crippen LogP) is 5.41. The molecule has 3 rings (SSSR count). The number of hydrogen-bond acceptors (Lipinski definition) is 5. The Hall–Kier alpha value is -3.71. The average Bonchev–Trinajstić information content (AvgIpc) is 2.85. The van der Waals surface area contributed by atoms with Crippen LogP contribution in [0.25, 0.3) is 0 Å². The molecule has 0 unspecified atom stereocenters. The lowest BCUT2D eigenvalue weighted by atomic mass is 10.2. The highest BCUT2D eigenvalue weighted by molar-refractivity contribution is 6.31. The molecule has 6 nitrogen and oxygen atoms in total. The van der Waals surface area contributed by atoms with Crippen molar-refractivity contribution in [3.05, 3.63) is 88.7 Å². The van der Waals surface area contributed by atoms with Crippen LogP contribution in [0.2, 0.25) is 5.02 Å². The molecule has 0 aliphatic heterocycles. The summed E-state index contributed by atoms with van der Waals surface area (Å²) in [6, 6.07) is 19.3. The fourth-order valence-corrected chi connectivity index (χ4v) is 2.46. The van der Waals surface area contributed by atoms with E-state index in [2.05, 4.69) is 17.6 Å². The van der Waals surface area contributed by atoms with E-state index in [1.807, 2.05) is 43.9 Å². The van der Waals surface area contributed by atoms with Crippen molar-refractivity contribution in [2.75, 3.05) is 24.8 Å². The highest BCUT2D eigenvalue weighted by atomic mass is 35.5. The predicted molar refractivity (Wildman–Crippen MR) is 127 cm³/mol. The van der Waals surface area contributed by atoms with Crippen LogP contribution in [0.5, 0.6) is 5.75 Å². The molecule has 8 heteroatoms.